The minimum absolute atomic E-state index is 0.0285. The van der Waals surface area contributed by atoms with Gasteiger partial charge in [-0.05, 0) is 36.0 Å². The molecule has 0 spiro atoms. The molecule has 1 atom stereocenters. The SMILES string of the molecule is O=C(CNC(Cc1ccccc1)c1ccccc1)NCC1(c2ccccc2)CCOCC1. The van der Waals surface area contributed by atoms with Gasteiger partial charge in [0, 0.05) is 31.2 Å². The van der Waals surface area contributed by atoms with E-state index in [1.165, 1.54) is 16.7 Å². The third kappa shape index (κ3) is 5.84. The summed E-state index contributed by atoms with van der Waals surface area (Å²) >= 11 is 0. The number of ether oxygens (including phenoxy) is 1. The molecule has 3 aromatic rings. The highest BCUT2D eigenvalue weighted by Gasteiger charge is 2.34. The Morgan fingerprint density at radius 3 is 2.09 bits per heavy atom. The van der Waals surface area contributed by atoms with Crippen molar-refractivity contribution >= 4 is 5.91 Å². The summed E-state index contributed by atoms with van der Waals surface area (Å²) in [4.78, 5) is 12.8. The van der Waals surface area contributed by atoms with Gasteiger partial charge in [-0.2, -0.15) is 0 Å². The molecule has 1 aliphatic rings. The molecule has 4 nitrogen and oxygen atoms in total. The minimum Gasteiger partial charge on any atom is -0.381 e. The highest BCUT2D eigenvalue weighted by Crippen LogP contribution is 2.34. The quantitative estimate of drug-likeness (QED) is 0.530. The van der Waals surface area contributed by atoms with Crippen molar-refractivity contribution in [2.24, 2.45) is 0 Å². The molecule has 0 aliphatic carbocycles. The van der Waals surface area contributed by atoms with Crippen molar-refractivity contribution in [3.8, 4) is 0 Å². The van der Waals surface area contributed by atoms with Gasteiger partial charge in [-0.25, -0.2) is 0 Å². The van der Waals surface area contributed by atoms with Crippen molar-refractivity contribution in [1.82, 2.24) is 10.6 Å². The van der Waals surface area contributed by atoms with Gasteiger partial charge in [-0.3, -0.25) is 4.79 Å². The van der Waals surface area contributed by atoms with Crippen LogP contribution in [0.1, 0.15) is 35.6 Å². The van der Waals surface area contributed by atoms with Gasteiger partial charge in [0.15, 0.2) is 0 Å². The number of carbonyl (C=O) groups excluding carboxylic acids is 1. The van der Waals surface area contributed by atoms with E-state index in [9.17, 15) is 4.79 Å². The molecule has 1 saturated heterocycles. The number of amides is 1. The number of carbonyl (C=O) groups is 1. The lowest BCUT2D eigenvalue weighted by Gasteiger charge is -2.38. The van der Waals surface area contributed by atoms with Crippen molar-refractivity contribution in [1.29, 1.82) is 0 Å². The van der Waals surface area contributed by atoms with Crippen LogP contribution in [0.3, 0.4) is 0 Å². The molecule has 0 aromatic heterocycles. The minimum atomic E-state index is -0.0575. The zero-order valence-corrected chi connectivity index (χ0v) is 18.5. The van der Waals surface area contributed by atoms with E-state index in [2.05, 4.69) is 71.3 Å². The molecule has 166 valence electrons. The Morgan fingerprint density at radius 1 is 0.844 bits per heavy atom. The summed E-state index contributed by atoms with van der Waals surface area (Å²) in [5.41, 5.74) is 3.66. The predicted octanol–water partition coefficient (Wildman–Crippen LogP) is 4.42. The van der Waals surface area contributed by atoms with Gasteiger partial charge in [0.25, 0.3) is 0 Å². The van der Waals surface area contributed by atoms with Crippen molar-refractivity contribution in [3.63, 3.8) is 0 Å². The van der Waals surface area contributed by atoms with E-state index in [1.54, 1.807) is 0 Å². The second-order valence-electron chi connectivity index (χ2n) is 8.57. The Kier molecular flexibility index (Phi) is 7.70. The third-order valence-electron chi connectivity index (χ3n) is 6.45. The fourth-order valence-electron chi connectivity index (χ4n) is 4.51. The normalized spacial score (nSPS) is 16.2. The van der Waals surface area contributed by atoms with Crippen LogP contribution in [-0.4, -0.2) is 32.2 Å². The lowest BCUT2D eigenvalue weighted by atomic mass is 9.74. The van der Waals surface area contributed by atoms with E-state index < -0.39 is 0 Å². The molecule has 1 aliphatic heterocycles. The maximum absolute atomic E-state index is 12.8. The summed E-state index contributed by atoms with van der Waals surface area (Å²) in [5.74, 6) is 0.0285. The highest BCUT2D eigenvalue weighted by atomic mass is 16.5. The van der Waals surface area contributed by atoms with Crippen molar-refractivity contribution in [2.45, 2.75) is 30.7 Å². The molecule has 4 rings (SSSR count). The smallest absolute Gasteiger partial charge is 0.234 e. The van der Waals surface area contributed by atoms with Gasteiger partial charge in [0.05, 0.1) is 6.54 Å². The average Bonchev–Trinajstić information content (AvgIpc) is 2.87. The second kappa shape index (κ2) is 11.1. The largest absolute Gasteiger partial charge is 0.381 e. The molecule has 2 N–H and O–H groups in total. The van der Waals surface area contributed by atoms with Gasteiger partial charge in [0.2, 0.25) is 5.91 Å². The molecular weight excluding hydrogens is 396 g/mol. The van der Waals surface area contributed by atoms with E-state index in [0.717, 1.165) is 32.5 Å². The van der Waals surface area contributed by atoms with Gasteiger partial charge < -0.3 is 15.4 Å². The third-order valence-corrected chi connectivity index (χ3v) is 6.45. The lowest BCUT2D eigenvalue weighted by Crippen LogP contribution is -2.46. The zero-order valence-electron chi connectivity index (χ0n) is 18.5. The molecule has 0 radical (unpaired) electrons. The number of nitrogens with one attached hydrogen (secondary N) is 2. The maximum Gasteiger partial charge on any atom is 0.234 e. The van der Waals surface area contributed by atoms with Crippen molar-refractivity contribution in [2.75, 3.05) is 26.3 Å². The molecule has 3 aromatic carbocycles. The first kappa shape index (κ1) is 22.3. The Bertz CT molecular complexity index is 954. The van der Waals surface area contributed by atoms with Crippen LogP contribution in [0, 0.1) is 0 Å². The van der Waals surface area contributed by atoms with Crippen LogP contribution < -0.4 is 10.6 Å². The van der Waals surface area contributed by atoms with Crippen LogP contribution in [0.15, 0.2) is 91.0 Å². The molecule has 1 amide bonds. The first-order valence-electron chi connectivity index (χ1n) is 11.5. The van der Waals surface area contributed by atoms with Crippen LogP contribution in [0.25, 0.3) is 0 Å². The number of hydrogen-bond donors (Lipinski definition) is 2. The summed E-state index contributed by atoms with van der Waals surface area (Å²) < 4.78 is 5.61. The first-order valence-corrected chi connectivity index (χ1v) is 11.5. The van der Waals surface area contributed by atoms with Crippen molar-refractivity contribution in [3.05, 3.63) is 108 Å². The highest BCUT2D eigenvalue weighted by molar-refractivity contribution is 5.78. The molecule has 1 fully saturated rings. The first-order chi connectivity index (χ1) is 15.8. The Labute approximate surface area is 191 Å². The summed E-state index contributed by atoms with van der Waals surface area (Å²) in [7, 11) is 0. The predicted molar refractivity (Wildman–Crippen MR) is 129 cm³/mol. The topological polar surface area (TPSA) is 50.4 Å². The molecule has 1 heterocycles. The molecule has 0 saturated carbocycles. The molecule has 4 heteroatoms. The lowest BCUT2D eigenvalue weighted by molar-refractivity contribution is -0.120. The summed E-state index contributed by atoms with van der Waals surface area (Å²) in [6, 6.07) is 31.3. The standard InChI is InChI=1S/C28H32N2O2/c31-27(30-22-28(16-18-32-19-17-28)25-14-8-3-9-15-25)21-29-26(24-12-6-2-7-13-24)20-23-10-4-1-5-11-23/h1-15,26,29H,16-22H2,(H,30,31). The van der Waals surface area contributed by atoms with E-state index in [-0.39, 0.29) is 23.9 Å². The summed E-state index contributed by atoms with van der Waals surface area (Å²) in [5, 5.41) is 6.69. The fourth-order valence-corrected chi connectivity index (χ4v) is 4.51. The second-order valence-corrected chi connectivity index (χ2v) is 8.57. The summed E-state index contributed by atoms with van der Waals surface area (Å²) in [6.45, 7) is 2.38. The van der Waals surface area contributed by atoms with Gasteiger partial charge in [-0.1, -0.05) is 91.0 Å². The number of hydrogen-bond acceptors (Lipinski definition) is 3. The molecular formula is C28H32N2O2. The van der Waals surface area contributed by atoms with Gasteiger partial charge >= 0.3 is 0 Å². The Morgan fingerprint density at radius 2 is 1.44 bits per heavy atom. The van der Waals surface area contributed by atoms with Crippen LogP contribution in [-0.2, 0) is 21.4 Å². The van der Waals surface area contributed by atoms with E-state index in [4.69, 9.17) is 4.74 Å². The van der Waals surface area contributed by atoms with Crippen LogP contribution in [0.2, 0.25) is 0 Å². The molecule has 0 bridgehead atoms. The van der Waals surface area contributed by atoms with Crippen LogP contribution in [0.4, 0.5) is 0 Å². The average molecular weight is 429 g/mol. The van der Waals surface area contributed by atoms with Crippen molar-refractivity contribution < 1.29 is 9.53 Å². The van der Waals surface area contributed by atoms with Crippen LogP contribution in [0.5, 0.6) is 0 Å². The monoisotopic (exact) mass is 428 g/mol. The van der Waals surface area contributed by atoms with E-state index >= 15 is 0 Å². The van der Waals surface area contributed by atoms with Crippen LogP contribution >= 0.6 is 0 Å². The van der Waals surface area contributed by atoms with Gasteiger partial charge in [-0.15, -0.1) is 0 Å². The Balaban J connectivity index is 1.38. The Hall–Kier alpha value is -2.95. The maximum atomic E-state index is 12.8. The van der Waals surface area contributed by atoms with Gasteiger partial charge in [0.1, 0.15) is 0 Å². The summed E-state index contributed by atoms with van der Waals surface area (Å²) in [6.07, 6.45) is 2.68. The number of rotatable bonds is 9. The number of benzene rings is 3. The molecule has 1 unspecified atom stereocenters. The zero-order chi connectivity index (χ0) is 22.1. The molecule has 32 heavy (non-hydrogen) atoms. The van der Waals surface area contributed by atoms with E-state index in [0.29, 0.717) is 6.54 Å². The van der Waals surface area contributed by atoms with E-state index in [1.807, 2.05) is 30.3 Å². The fraction of sp³-hybridized carbons (Fsp3) is 0.321.